The van der Waals surface area contributed by atoms with Crippen molar-refractivity contribution in [1.29, 1.82) is 0 Å². The van der Waals surface area contributed by atoms with Gasteiger partial charge in [0.05, 0.1) is 0 Å². The maximum absolute atomic E-state index is 6.23. The van der Waals surface area contributed by atoms with Gasteiger partial charge >= 0.3 is 0 Å². The molecule has 0 saturated carbocycles. The van der Waals surface area contributed by atoms with Crippen LogP contribution in [0, 0.1) is 0 Å². The normalized spacial score (nSPS) is 11.9. The van der Waals surface area contributed by atoms with Crippen LogP contribution in [0.1, 0.15) is 11.1 Å². The van der Waals surface area contributed by atoms with Crippen LogP contribution in [0.15, 0.2) is 168 Å². The van der Waals surface area contributed by atoms with Crippen molar-refractivity contribution in [3.63, 3.8) is 0 Å². The Morgan fingerprint density at radius 3 is 2.00 bits per heavy atom. The number of para-hydroxylation sites is 1. The topological polar surface area (TPSA) is 13.1 Å². The summed E-state index contributed by atoms with van der Waals surface area (Å²) in [6.45, 7) is 0. The first-order chi connectivity index (χ1) is 22.8. The molecular formula is C45H30O. The van der Waals surface area contributed by atoms with Gasteiger partial charge in [-0.1, -0.05) is 158 Å². The Morgan fingerprint density at radius 2 is 1.11 bits per heavy atom. The summed E-state index contributed by atoms with van der Waals surface area (Å²) in [6, 6.07) is 56.6. The maximum Gasteiger partial charge on any atom is 0.136 e. The summed E-state index contributed by atoms with van der Waals surface area (Å²) in [7, 11) is 0. The fraction of sp³-hybridized carbons (Fsp3) is 0.0222. The quantitative estimate of drug-likeness (QED) is 0.144. The second kappa shape index (κ2) is 10.9. The van der Waals surface area contributed by atoms with Gasteiger partial charge in [-0.2, -0.15) is 0 Å². The van der Waals surface area contributed by atoms with Crippen molar-refractivity contribution in [2.75, 3.05) is 0 Å². The van der Waals surface area contributed by atoms with Crippen molar-refractivity contribution in [2.24, 2.45) is 0 Å². The van der Waals surface area contributed by atoms with E-state index in [0.717, 1.165) is 23.0 Å². The molecule has 1 nitrogen and oxygen atoms in total. The van der Waals surface area contributed by atoms with Gasteiger partial charge in [-0.3, -0.25) is 0 Å². The zero-order valence-electron chi connectivity index (χ0n) is 25.3. The molecule has 1 heteroatoms. The third kappa shape index (κ3) is 4.24. The molecule has 0 unspecified atom stereocenters. The fourth-order valence-corrected chi connectivity index (χ4v) is 7.33. The van der Waals surface area contributed by atoms with Gasteiger partial charge in [0, 0.05) is 10.8 Å². The van der Waals surface area contributed by atoms with Gasteiger partial charge in [0.1, 0.15) is 11.2 Å². The molecule has 0 spiro atoms. The largest absolute Gasteiger partial charge is 0.456 e. The Kier molecular flexibility index (Phi) is 6.28. The van der Waals surface area contributed by atoms with Gasteiger partial charge in [0.2, 0.25) is 0 Å². The Hall–Kier alpha value is -5.92. The first-order valence-electron chi connectivity index (χ1n) is 15.9. The third-order valence-electron chi connectivity index (χ3n) is 9.35. The van der Waals surface area contributed by atoms with E-state index in [0.29, 0.717) is 0 Å². The molecule has 0 bridgehead atoms. The van der Waals surface area contributed by atoms with Crippen LogP contribution in [-0.2, 0) is 6.42 Å². The number of benzene rings is 8. The number of hydrogen-bond acceptors (Lipinski definition) is 1. The second-order valence-electron chi connectivity index (χ2n) is 12.0. The van der Waals surface area contributed by atoms with E-state index >= 15 is 0 Å². The van der Waals surface area contributed by atoms with E-state index in [1.165, 1.54) is 71.1 Å². The van der Waals surface area contributed by atoms with E-state index in [-0.39, 0.29) is 0 Å². The fourth-order valence-electron chi connectivity index (χ4n) is 7.33. The van der Waals surface area contributed by atoms with Crippen LogP contribution in [0.3, 0.4) is 0 Å². The van der Waals surface area contributed by atoms with Crippen molar-refractivity contribution in [3.05, 3.63) is 175 Å². The predicted octanol–water partition coefficient (Wildman–Crippen LogP) is 12.6. The van der Waals surface area contributed by atoms with E-state index < -0.39 is 0 Å². The first-order valence-corrected chi connectivity index (χ1v) is 15.9. The van der Waals surface area contributed by atoms with Crippen LogP contribution >= 0.6 is 0 Å². The summed E-state index contributed by atoms with van der Waals surface area (Å²) < 4.78 is 6.23. The highest BCUT2D eigenvalue weighted by atomic mass is 16.3. The summed E-state index contributed by atoms with van der Waals surface area (Å²) in [6.07, 6.45) is 5.50. The number of allylic oxidation sites excluding steroid dienone is 1. The van der Waals surface area contributed by atoms with Crippen molar-refractivity contribution >= 4 is 60.3 Å². The molecule has 1 aromatic heterocycles. The molecule has 0 radical (unpaired) electrons. The van der Waals surface area contributed by atoms with Gasteiger partial charge < -0.3 is 4.42 Å². The summed E-state index contributed by atoms with van der Waals surface area (Å²) in [5, 5.41) is 9.99. The van der Waals surface area contributed by atoms with E-state index in [9.17, 15) is 0 Å². The van der Waals surface area contributed by atoms with Crippen molar-refractivity contribution in [2.45, 2.75) is 6.42 Å². The molecule has 8 aromatic carbocycles. The summed E-state index contributed by atoms with van der Waals surface area (Å²) in [5.41, 5.74) is 9.38. The third-order valence-corrected chi connectivity index (χ3v) is 9.35. The number of fused-ring (bicyclic) bond motifs is 7. The second-order valence-corrected chi connectivity index (χ2v) is 12.0. The molecule has 0 saturated heterocycles. The molecule has 0 aliphatic rings. The average molecular weight is 587 g/mol. The molecule has 0 amide bonds. The van der Waals surface area contributed by atoms with Gasteiger partial charge in [0.25, 0.3) is 0 Å². The summed E-state index contributed by atoms with van der Waals surface area (Å²) in [5.74, 6) is 0. The van der Waals surface area contributed by atoms with E-state index in [4.69, 9.17) is 4.42 Å². The molecular weight excluding hydrogens is 556 g/mol. The minimum Gasteiger partial charge on any atom is -0.456 e. The molecule has 216 valence electrons. The van der Waals surface area contributed by atoms with Gasteiger partial charge in [-0.25, -0.2) is 0 Å². The molecule has 46 heavy (non-hydrogen) atoms. The minimum absolute atomic E-state index is 0.812. The average Bonchev–Trinajstić information content (AvgIpc) is 3.51. The number of rotatable bonds is 5. The van der Waals surface area contributed by atoms with E-state index in [2.05, 4.69) is 164 Å². The van der Waals surface area contributed by atoms with Crippen molar-refractivity contribution in [3.8, 4) is 22.3 Å². The van der Waals surface area contributed by atoms with Crippen LogP contribution in [0.4, 0.5) is 0 Å². The van der Waals surface area contributed by atoms with Crippen LogP contribution in [-0.4, -0.2) is 0 Å². The first kappa shape index (κ1) is 26.5. The number of hydrogen-bond donors (Lipinski definition) is 0. The molecule has 1 heterocycles. The highest BCUT2D eigenvalue weighted by molar-refractivity contribution is 6.25. The molecule has 0 aliphatic heterocycles. The molecule has 0 aliphatic carbocycles. The molecule has 9 aromatic rings. The molecule has 0 N–H and O–H groups in total. The van der Waals surface area contributed by atoms with E-state index in [1.54, 1.807) is 0 Å². The van der Waals surface area contributed by atoms with Crippen LogP contribution in [0.2, 0.25) is 0 Å². The van der Waals surface area contributed by atoms with Crippen LogP contribution in [0.25, 0.3) is 82.6 Å². The standard InChI is InChI=1S/C45H30O/c1-2-16-32(17-3-1)43-38-22-9-8-21-35(38)36(39-29-28-31-15-5-7-20-34(31)45(39)43)24-12-18-30-14-4-6-19-33(30)37-25-13-27-42-44(37)40-23-10-11-26-41(40)46-42/h1-17,19-29H,18H2/b24-12+. The zero-order chi connectivity index (χ0) is 30.5. The Balaban J connectivity index is 1.22. The van der Waals surface area contributed by atoms with Crippen molar-refractivity contribution in [1.82, 2.24) is 0 Å². The number of furan rings is 1. The highest BCUT2D eigenvalue weighted by Gasteiger charge is 2.17. The lowest BCUT2D eigenvalue weighted by Crippen LogP contribution is -1.92. The van der Waals surface area contributed by atoms with Crippen molar-refractivity contribution < 1.29 is 4.42 Å². The van der Waals surface area contributed by atoms with Gasteiger partial charge in [0.15, 0.2) is 0 Å². The van der Waals surface area contributed by atoms with Crippen LogP contribution < -0.4 is 0 Å². The van der Waals surface area contributed by atoms with Crippen LogP contribution in [0.5, 0.6) is 0 Å². The molecule has 9 rings (SSSR count). The van der Waals surface area contributed by atoms with Gasteiger partial charge in [-0.05, 0) is 84.3 Å². The Morgan fingerprint density at radius 1 is 0.435 bits per heavy atom. The Labute approximate surface area is 267 Å². The summed E-state index contributed by atoms with van der Waals surface area (Å²) >= 11 is 0. The highest BCUT2D eigenvalue weighted by Crippen LogP contribution is 2.43. The molecule has 0 atom stereocenters. The SMILES string of the molecule is C(=C\c1c2ccccc2c(-c2ccccc2)c2c1ccc1ccccc12)/Cc1ccccc1-c1cccc2oc3ccccc3c12. The van der Waals surface area contributed by atoms with Gasteiger partial charge in [-0.15, -0.1) is 0 Å². The van der Waals surface area contributed by atoms with E-state index in [1.807, 2.05) is 6.07 Å². The lowest BCUT2D eigenvalue weighted by atomic mass is 9.86. The lowest BCUT2D eigenvalue weighted by Gasteiger charge is -2.17. The summed E-state index contributed by atoms with van der Waals surface area (Å²) in [4.78, 5) is 0. The lowest BCUT2D eigenvalue weighted by molar-refractivity contribution is 0.669. The maximum atomic E-state index is 6.23. The monoisotopic (exact) mass is 586 g/mol. The predicted molar refractivity (Wildman–Crippen MR) is 196 cm³/mol. The zero-order valence-corrected chi connectivity index (χ0v) is 25.3. The Bertz CT molecular complexity index is 2600. The minimum atomic E-state index is 0.812. The smallest absolute Gasteiger partial charge is 0.136 e. The molecule has 0 fully saturated rings.